The van der Waals surface area contributed by atoms with E-state index in [4.69, 9.17) is 0 Å². The molecule has 50 valence electrons. The molecule has 0 bridgehead atoms. The summed E-state index contributed by atoms with van der Waals surface area (Å²) >= 11 is 3.18. The van der Waals surface area contributed by atoms with Gasteiger partial charge in [-0.05, 0) is 15.9 Å². The highest BCUT2D eigenvalue weighted by atomic mass is 79.9. The number of aromatic nitrogens is 4. The van der Waals surface area contributed by atoms with Crippen molar-refractivity contribution in [2.45, 2.75) is 0 Å². The number of halogens is 1. The van der Waals surface area contributed by atoms with Crippen molar-refractivity contribution < 1.29 is 0 Å². The second kappa shape index (κ2) is 2.02. The number of hydrogen-bond donors (Lipinski definition) is 1. The fourth-order valence-corrected chi connectivity index (χ4v) is 1.08. The maximum Gasteiger partial charge on any atom is 0.198 e. The van der Waals surface area contributed by atoms with E-state index in [2.05, 4.69) is 35.9 Å². The van der Waals surface area contributed by atoms with Gasteiger partial charge in [0.2, 0.25) is 0 Å². The minimum atomic E-state index is 0.634. The van der Waals surface area contributed by atoms with Crippen molar-refractivity contribution >= 4 is 27.2 Å². The van der Waals surface area contributed by atoms with Crippen LogP contribution in [0.1, 0.15) is 0 Å². The zero-order chi connectivity index (χ0) is 6.97. The van der Waals surface area contributed by atoms with Crippen LogP contribution in [-0.4, -0.2) is 19.9 Å². The monoisotopic (exact) mass is 198 g/mol. The fraction of sp³-hybridized carbons (Fsp3) is 0. The Hall–Kier alpha value is -0.970. The van der Waals surface area contributed by atoms with Gasteiger partial charge in [-0.3, -0.25) is 0 Å². The summed E-state index contributed by atoms with van der Waals surface area (Å²) in [5.74, 6) is 0. The van der Waals surface area contributed by atoms with Crippen LogP contribution in [0.5, 0.6) is 0 Å². The molecular formula is C5H3BrN4. The third kappa shape index (κ3) is 0.786. The Morgan fingerprint density at radius 2 is 2.10 bits per heavy atom. The highest BCUT2D eigenvalue weighted by Crippen LogP contribution is 2.08. The molecule has 0 fully saturated rings. The molecule has 0 aliphatic carbocycles. The van der Waals surface area contributed by atoms with E-state index in [0.29, 0.717) is 16.0 Å². The van der Waals surface area contributed by atoms with Gasteiger partial charge >= 0.3 is 0 Å². The fourth-order valence-electron chi connectivity index (χ4n) is 0.719. The summed E-state index contributed by atoms with van der Waals surface area (Å²) in [7, 11) is 0. The van der Waals surface area contributed by atoms with E-state index in [-0.39, 0.29) is 0 Å². The van der Waals surface area contributed by atoms with Crippen LogP contribution in [0, 0.1) is 0 Å². The van der Waals surface area contributed by atoms with Crippen molar-refractivity contribution in [3.8, 4) is 0 Å². The first-order valence-electron chi connectivity index (χ1n) is 2.68. The molecule has 0 amide bonds. The number of fused-ring (bicyclic) bond motifs is 1. The second-order valence-electron chi connectivity index (χ2n) is 1.76. The number of aromatic amines is 1. The minimum absolute atomic E-state index is 0.634. The maximum absolute atomic E-state index is 4.00. The Bertz CT molecular complexity index is 322. The summed E-state index contributed by atoms with van der Waals surface area (Å²) in [5, 5.41) is 0. The van der Waals surface area contributed by atoms with Gasteiger partial charge in [0.25, 0.3) is 0 Å². The van der Waals surface area contributed by atoms with E-state index in [1.807, 2.05) is 0 Å². The van der Waals surface area contributed by atoms with Gasteiger partial charge in [0.1, 0.15) is 0 Å². The van der Waals surface area contributed by atoms with Crippen molar-refractivity contribution in [3.63, 3.8) is 0 Å². The molecule has 2 aromatic rings. The number of nitrogens with one attached hydrogen (secondary N) is 1. The molecule has 2 aromatic heterocycles. The molecule has 2 rings (SSSR count). The highest BCUT2D eigenvalue weighted by Gasteiger charge is 1.98. The topological polar surface area (TPSA) is 54.5 Å². The molecule has 1 N–H and O–H groups in total. The Kier molecular flexibility index (Phi) is 1.17. The summed E-state index contributed by atoms with van der Waals surface area (Å²) in [5.41, 5.74) is 1.34. The molecule has 0 spiro atoms. The van der Waals surface area contributed by atoms with E-state index in [0.717, 1.165) is 0 Å². The van der Waals surface area contributed by atoms with E-state index < -0.39 is 0 Å². The number of hydrogen-bond acceptors (Lipinski definition) is 3. The molecule has 0 saturated carbocycles. The summed E-state index contributed by atoms with van der Waals surface area (Å²) in [4.78, 5) is 14.8. The van der Waals surface area contributed by atoms with Gasteiger partial charge in [-0.2, -0.15) is 0 Å². The van der Waals surface area contributed by atoms with Crippen LogP contribution in [0.4, 0.5) is 0 Å². The van der Waals surface area contributed by atoms with Gasteiger partial charge in [-0.1, -0.05) is 0 Å². The summed E-state index contributed by atoms with van der Waals surface area (Å²) in [6.45, 7) is 0. The Morgan fingerprint density at radius 3 is 2.90 bits per heavy atom. The van der Waals surface area contributed by atoms with Gasteiger partial charge in [0.05, 0.1) is 0 Å². The van der Waals surface area contributed by atoms with Crippen molar-refractivity contribution in [3.05, 3.63) is 17.1 Å². The molecular weight excluding hydrogens is 196 g/mol. The van der Waals surface area contributed by atoms with Gasteiger partial charge in [-0.25, -0.2) is 15.0 Å². The predicted octanol–water partition coefficient (Wildman–Crippen LogP) is 1.12. The molecule has 2 heterocycles. The molecule has 0 aliphatic heterocycles. The van der Waals surface area contributed by atoms with E-state index in [1.165, 1.54) is 0 Å². The number of nitrogens with zero attached hydrogens (tertiary/aromatic N) is 3. The van der Waals surface area contributed by atoms with Crippen LogP contribution in [0.2, 0.25) is 0 Å². The number of imidazole rings is 1. The molecule has 0 aliphatic rings. The van der Waals surface area contributed by atoms with Crippen LogP contribution < -0.4 is 0 Å². The summed E-state index contributed by atoms with van der Waals surface area (Å²) in [6.07, 6.45) is 3.22. The lowest BCUT2D eigenvalue weighted by molar-refractivity contribution is 1.24. The average Bonchev–Trinajstić information content (AvgIpc) is 2.27. The summed E-state index contributed by atoms with van der Waals surface area (Å²) in [6, 6.07) is 0. The first kappa shape index (κ1) is 5.79. The Morgan fingerprint density at radius 1 is 1.30 bits per heavy atom. The van der Waals surface area contributed by atoms with Crippen LogP contribution in [0.25, 0.3) is 11.3 Å². The summed E-state index contributed by atoms with van der Waals surface area (Å²) < 4.78 is 0.661. The van der Waals surface area contributed by atoms with Gasteiger partial charge in [-0.15, -0.1) is 0 Å². The SMILES string of the molecule is Brc1nc2nccnc2[nH]1. The molecule has 0 unspecified atom stereocenters. The number of rotatable bonds is 0. The smallest absolute Gasteiger partial charge is 0.198 e. The zero-order valence-corrected chi connectivity index (χ0v) is 6.46. The van der Waals surface area contributed by atoms with Gasteiger partial charge in [0, 0.05) is 12.4 Å². The number of H-pyrrole nitrogens is 1. The molecule has 0 atom stereocenters. The Balaban J connectivity index is 2.88. The Labute approximate surface area is 64.8 Å². The maximum atomic E-state index is 4.00. The lowest BCUT2D eigenvalue weighted by Crippen LogP contribution is -1.77. The normalized spacial score (nSPS) is 10.5. The van der Waals surface area contributed by atoms with Crippen molar-refractivity contribution in [2.75, 3.05) is 0 Å². The van der Waals surface area contributed by atoms with E-state index >= 15 is 0 Å². The highest BCUT2D eigenvalue weighted by molar-refractivity contribution is 9.10. The standard InChI is InChI=1S/C5H3BrN4/c6-5-9-3-4(10-5)8-2-1-7-3/h1-2H,(H,7,8,9,10). The first-order chi connectivity index (χ1) is 4.86. The lowest BCUT2D eigenvalue weighted by Gasteiger charge is -1.79. The zero-order valence-electron chi connectivity index (χ0n) is 4.87. The van der Waals surface area contributed by atoms with Crippen LogP contribution >= 0.6 is 15.9 Å². The molecule has 10 heavy (non-hydrogen) atoms. The van der Waals surface area contributed by atoms with Crippen LogP contribution in [0.3, 0.4) is 0 Å². The lowest BCUT2D eigenvalue weighted by atomic mass is 10.7. The molecule has 4 nitrogen and oxygen atoms in total. The largest absolute Gasteiger partial charge is 0.316 e. The quantitative estimate of drug-likeness (QED) is 0.691. The van der Waals surface area contributed by atoms with Crippen molar-refractivity contribution in [1.82, 2.24) is 19.9 Å². The third-order valence-corrected chi connectivity index (χ3v) is 1.48. The van der Waals surface area contributed by atoms with E-state index in [9.17, 15) is 0 Å². The second-order valence-corrected chi connectivity index (χ2v) is 2.51. The van der Waals surface area contributed by atoms with Gasteiger partial charge in [0.15, 0.2) is 16.0 Å². The third-order valence-electron chi connectivity index (χ3n) is 1.10. The van der Waals surface area contributed by atoms with Crippen molar-refractivity contribution in [2.24, 2.45) is 0 Å². The molecule has 0 radical (unpaired) electrons. The average molecular weight is 199 g/mol. The van der Waals surface area contributed by atoms with Gasteiger partial charge < -0.3 is 4.98 Å². The predicted molar refractivity (Wildman–Crippen MR) is 39.4 cm³/mol. The van der Waals surface area contributed by atoms with Crippen LogP contribution in [-0.2, 0) is 0 Å². The molecule has 0 saturated heterocycles. The van der Waals surface area contributed by atoms with Crippen molar-refractivity contribution in [1.29, 1.82) is 0 Å². The van der Waals surface area contributed by atoms with Crippen LogP contribution in [0.15, 0.2) is 17.1 Å². The minimum Gasteiger partial charge on any atom is -0.316 e. The van der Waals surface area contributed by atoms with E-state index in [1.54, 1.807) is 12.4 Å². The first-order valence-corrected chi connectivity index (χ1v) is 3.48. The molecule has 0 aromatic carbocycles. The molecule has 5 heteroatoms.